The molecule has 1 fully saturated rings. The molecule has 0 aliphatic carbocycles. The van der Waals surface area contributed by atoms with E-state index in [1.807, 2.05) is 6.07 Å². The summed E-state index contributed by atoms with van der Waals surface area (Å²) in [6, 6.07) is 5.39. The first-order valence-electron chi connectivity index (χ1n) is 7.53. The molecule has 1 aromatic rings. The summed E-state index contributed by atoms with van der Waals surface area (Å²) in [5.41, 5.74) is 0.939. The van der Waals surface area contributed by atoms with Crippen LogP contribution in [0.2, 0.25) is 5.02 Å². The van der Waals surface area contributed by atoms with Crippen LogP contribution in [0.4, 0.5) is 4.39 Å². The summed E-state index contributed by atoms with van der Waals surface area (Å²) in [6.07, 6.45) is 2.26. The van der Waals surface area contributed by atoms with E-state index in [9.17, 15) is 4.39 Å². The number of rotatable bonds is 5. The third kappa shape index (κ3) is 4.56. The van der Waals surface area contributed by atoms with Gasteiger partial charge in [-0.1, -0.05) is 44.0 Å². The third-order valence-corrected chi connectivity index (χ3v) is 4.53. The second-order valence-electron chi connectivity index (χ2n) is 5.64. The van der Waals surface area contributed by atoms with Crippen molar-refractivity contribution in [3.05, 3.63) is 34.6 Å². The Kier molecular flexibility index (Phi) is 7.96. The third-order valence-electron chi connectivity index (χ3n) is 4.13. The van der Waals surface area contributed by atoms with Crippen molar-refractivity contribution >= 4 is 24.0 Å². The Morgan fingerprint density at radius 2 is 2.00 bits per heavy atom. The van der Waals surface area contributed by atoms with Crippen LogP contribution in [-0.2, 0) is 0 Å². The Morgan fingerprint density at radius 1 is 1.33 bits per heavy atom. The molecule has 0 bridgehead atoms. The Balaban J connectivity index is 0.00000220. The smallest absolute Gasteiger partial charge is 0.142 e. The Hall–Kier alpha value is -0.350. The van der Waals surface area contributed by atoms with Gasteiger partial charge in [-0.25, -0.2) is 4.39 Å². The number of hydrogen-bond acceptors (Lipinski definition) is 2. The van der Waals surface area contributed by atoms with E-state index in [2.05, 4.69) is 24.1 Å². The Bertz CT molecular complexity index is 436. The average Bonchev–Trinajstić information content (AvgIpc) is 2.45. The zero-order valence-electron chi connectivity index (χ0n) is 12.7. The van der Waals surface area contributed by atoms with Gasteiger partial charge in [-0.3, -0.25) is 4.90 Å². The second-order valence-corrected chi connectivity index (χ2v) is 6.02. The largest absolute Gasteiger partial charge is 0.314 e. The lowest BCUT2D eigenvalue weighted by atomic mass is 9.89. The van der Waals surface area contributed by atoms with Crippen LogP contribution < -0.4 is 5.32 Å². The molecule has 0 radical (unpaired) electrons. The molecule has 1 heterocycles. The molecule has 21 heavy (non-hydrogen) atoms. The highest BCUT2D eigenvalue weighted by Crippen LogP contribution is 2.36. The lowest BCUT2D eigenvalue weighted by Gasteiger charge is -2.39. The van der Waals surface area contributed by atoms with Crippen LogP contribution in [0.1, 0.15) is 38.3 Å². The molecule has 0 aromatic heterocycles. The van der Waals surface area contributed by atoms with Gasteiger partial charge < -0.3 is 5.32 Å². The number of nitrogens with one attached hydrogen (secondary N) is 1. The maximum atomic E-state index is 13.8. The van der Waals surface area contributed by atoms with Crippen molar-refractivity contribution in [3.8, 4) is 0 Å². The van der Waals surface area contributed by atoms with Gasteiger partial charge in [-0.05, 0) is 24.0 Å². The summed E-state index contributed by atoms with van der Waals surface area (Å²) in [5, 5.41) is 3.66. The molecule has 1 unspecified atom stereocenters. The van der Waals surface area contributed by atoms with Crippen molar-refractivity contribution in [3.63, 3.8) is 0 Å². The molecule has 1 N–H and O–H groups in total. The number of benzene rings is 1. The van der Waals surface area contributed by atoms with Gasteiger partial charge in [0.2, 0.25) is 0 Å². The summed E-state index contributed by atoms with van der Waals surface area (Å²) in [5.74, 6) is 0.158. The summed E-state index contributed by atoms with van der Waals surface area (Å²) in [4.78, 5) is 2.44. The fourth-order valence-corrected chi connectivity index (χ4v) is 3.42. The fraction of sp³-hybridized carbons (Fsp3) is 0.625. The van der Waals surface area contributed by atoms with Gasteiger partial charge in [0.15, 0.2) is 0 Å². The maximum Gasteiger partial charge on any atom is 0.142 e. The molecule has 1 aromatic carbocycles. The normalized spacial score (nSPS) is 18.9. The molecule has 0 amide bonds. The minimum atomic E-state index is -0.312. The van der Waals surface area contributed by atoms with Crippen molar-refractivity contribution in [2.45, 2.75) is 32.7 Å². The van der Waals surface area contributed by atoms with Crippen LogP contribution in [0.3, 0.4) is 0 Å². The van der Waals surface area contributed by atoms with Crippen molar-refractivity contribution in [2.24, 2.45) is 5.92 Å². The van der Waals surface area contributed by atoms with Crippen LogP contribution in [0.15, 0.2) is 18.2 Å². The van der Waals surface area contributed by atoms with Crippen molar-refractivity contribution in [2.75, 3.05) is 26.2 Å². The molecule has 1 aliphatic heterocycles. The number of halogens is 3. The molecule has 2 nitrogen and oxygen atoms in total. The van der Waals surface area contributed by atoms with E-state index in [1.165, 1.54) is 6.07 Å². The predicted molar refractivity (Wildman–Crippen MR) is 89.9 cm³/mol. The summed E-state index contributed by atoms with van der Waals surface area (Å²) in [6.45, 7) is 8.40. The molecule has 0 spiro atoms. The highest BCUT2D eigenvalue weighted by atomic mass is 35.5. The maximum absolute atomic E-state index is 13.8. The molecule has 2 rings (SSSR count). The molecule has 2 atom stereocenters. The first-order valence-corrected chi connectivity index (χ1v) is 7.91. The molecular weight excluding hydrogens is 310 g/mol. The first-order chi connectivity index (χ1) is 9.65. The number of nitrogens with zero attached hydrogens (tertiary/aromatic N) is 1. The average molecular weight is 335 g/mol. The van der Waals surface area contributed by atoms with E-state index in [4.69, 9.17) is 11.6 Å². The number of piperazine rings is 1. The lowest BCUT2D eigenvalue weighted by Crippen LogP contribution is -2.46. The van der Waals surface area contributed by atoms with Gasteiger partial charge in [-0.2, -0.15) is 0 Å². The molecule has 1 saturated heterocycles. The van der Waals surface area contributed by atoms with E-state index in [-0.39, 0.29) is 24.3 Å². The predicted octanol–water partition coefficient (Wildman–Crippen LogP) is 4.28. The summed E-state index contributed by atoms with van der Waals surface area (Å²) >= 11 is 6.23. The SMILES string of the molecule is CCCC(C)[C@H](c1cccc(F)c1Cl)N1CCNCC1.Cl. The second kappa shape index (κ2) is 8.94. The van der Waals surface area contributed by atoms with Crippen LogP contribution in [0.5, 0.6) is 0 Å². The van der Waals surface area contributed by atoms with Gasteiger partial charge >= 0.3 is 0 Å². The highest BCUT2D eigenvalue weighted by Gasteiger charge is 2.29. The molecule has 120 valence electrons. The van der Waals surface area contributed by atoms with Crippen LogP contribution >= 0.6 is 24.0 Å². The van der Waals surface area contributed by atoms with Gasteiger partial charge in [0.1, 0.15) is 5.82 Å². The first kappa shape index (κ1) is 18.7. The fourth-order valence-electron chi connectivity index (χ4n) is 3.19. The van der Waals surface area contributed by atoms with Crippen molar-refractivity contribution < 1.29 is 4.39 Å². The van der Waals surface area contributed by atoms with E-state index < -0.39 is 0 Å². The van der Waals surface area contributed by atoms with Gasteiger partial charge in [0, 0.05) is 32.2 Å². The minimum Gasteiger partial charge on any atom is -0.314 e. The minimum absolute atomic E-state index is 0. The van der Waals surface area contributed by atoms with E-state index in [1.54, 1.807) is 6.07 Å². The number of hydrogen-bond donors (Lipinski definition) is 1. The van der Waals surface area contributed by atoms with Crippen LogP contribution in [0.25, 0.3) is 0 Å². The monoisotopic (exact) mass is 334 g/mol. The van der Waals surface area contributed by atoms with Gasteiger partial charge in [0.25, 0.3) is 0 Å². The van der Waals surface area contributed by atoms with Crippen molar-refractivity contribution in [1.29, 1.82) is 0 Å². The van der Waals surface area contributed by atoms with Crippen molar-refractivity contribution in [1.82, 2.24) is 10.2 Å². The van der Waals surface area contributed by atoms with Gasteiger partial charge in [-0.15, -0.1) is 12.4 Å². The van der Waals surface area contributed by atoms with Crippen LogP contribution in [-0.4, -0.2) is 31.1 Å². The van der Waals surface area contributed by atoms with E-state index >= 15 is 0 Å². The van der Waals surface area contributed by atoms with Crippen LogP contribution in [0, 0.1) is 11.7 Å². The quantitative estimate of drug-likeness (QED) is 0.864. The molecule has 5 heteroatoms. The van der Waals surface area contributed by atoms with Gasteiger partial charge in [0.05, 0.1) is 5.02 Å². The Labute approximate surface area is 138 Å². The molecule has 1 aliphatic rings. The topological polar surface area (TPSA) is 15.3 Å². The van der Waals surface area contributed by atoms with E-state index in [0.717, 1.165) is 44.6 Å². The standard InChI is InChI=1S/C16H24ClFN2.ClH/c1-3-5-12(2)16(20-10-8-19-9-11-20)13-6-4-7-14(18)15(13)17;/h4,6-7,12,16,19H,3,5,8-11H2,1-2H3;1H/t12?,16-;/m1./s1. The Morgan fingerprint density at radius 3 is 2.62 bits per heavy atom. The lowest BCUT2D eigenvalue weighted by molar-refractivity contribution is 0.126. The highest BCUT2D eigenvalue weighted by molar-refractivity contribution is 6.31. The molecule has 0 saturated carbocycles. The summed E-state index contributed by atoms with van der Waals surface area (Å²) < 4.78 is 13.8. The zero-order chi connectivity index (χ0) is 14.5. The van der Waals surface area contributed by atoms with E-state index in [0.29, 0.717) is 10.9 Å². The zero-order valence-corrected chi connectivity index (χ0v) is 14.3. The molecular formula is C16H25Cl2FN2. The summed E-state index contributed by atoms with van der Waals surface area (Å²) in [7, 11) is 0.